The average molecular weight is 397 g/mol. The molecule has 0 radical (unpaired) electrons. The maximum Gasteiger partial charge on any atom is 0.288 e. The van der Waals surface area contributed by atoms with Gasteiger partial charge in [-0.25, -0.2) is 8.42 Å². The van der Waals surface area contributed by atoms with Crippen molar-refractivity contribution < 1.29 is 13.3 Å². The molecule has 1 atom stereocenters. The molecule has 8 heteroatoms. The molecule has 1 heterocycles. The van der Waals surface area contributed by atoms with Crippen LogP contribution in [0.15, 0.2) is 71.9 Å². The smallest absolute Gasteiger partial charge is 0.288 e. The van der Waals surface area contributed by atoms with Gasteiger partial charge in [-0.15, -0.1) is 0 Å². The summed E-state index contributed by atoms with van der Waals surface area (Å²) in [7, 11) is -3.73. The summed E-state index contributed by atoms with van der Waals surface area (Å²) in [6.45, 7) is 1.93. The van der Waals surface area contributed by atoms with Crippen LogP contribution in [0.3, 0.4) is 0 Å². The maximum atomic E-state index is 11.9. The van der Waals surface area contributed by atoms with Gasteiger partial charge in [0.15, 0.2) is 9.84 Å². The highest BCUT2D eigenvalue weighted by atomic mass is 32.2. The van der Waals surface area contributed by atoms with E-state index in [1.165, 1.54) is 18.2 Å². The van der Waals surface area contributed by atoms with Crippen LogP contribution in [0, 0.1) is 10.1 Å². The molecule has 2 aromatic carbocycles. The van der Waals surface area contributed by atoms with Crippen LogP contribution < -0.4 is 5.32 Å². The topological polar surface area (TPSA) is 102 Å². The van der Waals surface area contributed by atoms with Crippen molar-refractivity contribution >= 4 is 21.2 Å². The lowest BCUT2D eigenvalue weighted by Crippen LogP contribution is -2.08. The first-order valence-electron chi connectivity index (χ1n) is 8.51. The van der Waals surface area contributed by atoms with Crippen molar-refractivity contribution in [2.24, 2.45) is 0 Å². The zero-order chi connectivity index (χ0) is 20.3. The van der Waals surface area contributed by atoms with Crippen LogP contribution in [0.1, 0.15) is 18.5 Å². The maximum absolute atomic E-state index is 11.9. The van der Waals surface area contributed by atoms with Crippen molar-refractivity contribution in [3.63, 3.8) is 0 Å². The molecule has 1 aromatic heterocycles. The van der Waals surface area contributed by atoms with Crippen molar-refractivity contribution in [1.29, 1.82) is 0 Å². The van der Waals surface area contributed by atoms with Crippen molar-refractivity contribution in [2.45, 2.75) is 17.9 Å². The third-order valence-corrected chi connectivity index (χ3v) is 5.47. The van der Waals surface area contributed by atoms with E-state index in [0.29, 0.717) is 5.69 Å². The van der Waals surface area contributed by atoms with Crippen LogP contribution in [-0.4, -0.2) is 24.6 Å². The van der Waals surface area contributed by atoms with Gasteiger partial charge in [-0.05, 0) is 41.8 Å². The molecule has 28 heavy (non-hydrogen) atoms. The summed E-state index contributed by atoms with van der Waals surface area (Å²) in [5, 5.41) is 14.3. The van der Waals surface area contributed by atoms with Gasteiger partial charge in [0.1, 0.15) is 4.90 Å². The SMILES string of the molecule is CC(Nc1ccc([N+](=O)[O-])c(S(C)(=O)=O)c1)c1ccc(-c2cccnc2)cc1. The molecule has 0 saturated heterocycles. The number of anilines is 1. The van der Waals surface area contributed by atoms with E-state index in [1.54, 1.807) is 12.4 Å². The molecule has 0 aliphatic heterocycles. The molecule has 0 saturated carbocycles. The molecule has 0 bridgehead atoms. The lowest BCUT2D eigenvalue weighted by molar-refractivity contribution is -0.387. The Morgan fingerprint density at radius 3 is 2.36 bits per heavy atom. The first kappa shape index (κ1) is 19.5. The highest BCUT2D eigenvalue weighted by Crippen LogP contribution is 2.29. The minimum atomic E-state index is -3.73. The number of aromatic nitrogens is 1. The standard InChI is InChI=1S/C20H19N3O4S/c1-14(15-5-7-16(8-6-15)17-4-3-11-21-13-17)22-18-9-10-19(23(24)25)20(12-18)28(2,26)27/h3-14,22H,1-2H3. The average Bonchev–Trinajstić information content (AvgIpc) is 2.68. The number of nitrogens with zero attached hydrogens (tertiary/aromatic N) is 2. The third-order valence-electron chi connectivity index (χ3n) is 4.34. The van der Waals surface area contributed by atoms with Gasteiger partial charge in [0.25, 0.3) is 5.69 Å². The van der Waals surface area contributed by atoms with E-state index in [9.17, 15) is 18.5 Å². The molecule has 0 spiro atoms. The molecule has 1 N–H and O–H groups in total. The second-order valence-corrected chi connectivity index (χ2v) is 8.43. The largest absolute Gasteiger partial charge is 0.378 e. The number of pyridine rings is 1. The molecule has 0 fully saturated rings. The fraction of sp³-hybridized carbons (Fsp3) is 0.150. The molecule has 0 amide bonds. The van der Waals surface area contributed by atoms with E-state index in [4.69, 9.17) is 0 Å². The van der Waals surface area contributed by atoms with Gasteiger partial charge < -0.3 is 5.32 Å². The lowest BCUT2D eigenvalue weighted by atomic mass is 10.0. The predicted molar refractivity (Wildman–Crippen MR) is 108 cm³/mol. The first-order valence-corrected chi connectivity index (χ1v) is 10.4. The van der Waals surface area contributed by atoms with Crippen LogP contribution in [0.5, 0.6) is 0 Å². The van der Waals surface area contributed by atoms with Gasteiger partial charge in [0, 0.05) is 36.4 Å². The van der Waals surface area contributed by atoms with Gasteiger partial charge in [0.2, 0.25) is 0 Å². The fourth-order valence-corrected chi connectivity index (χ4v) is 3.75. The first-order chi connectivity index (χ1) is 13.3. The normalized spacial score (nSPS) is 12.4. The van der Waals surface area contributed by atoms with Crippen LogP contribution in [0.2, 0.25) is 0 Å². The number of nitro benzene ring substituents is 1. The number of sulfone groups is 1. The predicted octanol–water partition coefficient (Wildman–Crippen LogP) is 4.23. The highest BCUT2D eigenvalue weighted by Gasteiger charge is 2.22. The van der Waals surface area contributed by atoms with Gasteiger partial charge in [-0.1, -0.05) is 30.3 Å². The minimum absolute atomic E-state index is 0.128. The van der Waals surface area contributed by atoms with E-state index < -0.39 is 20.4 Å². The van der Waals surface area contributed by atoms with Crippen molar-refractivity contribution in [2.75, 3.05) is 11.6 Å². The molecule has 7 nitrogen and oxygen atoms in total. The number of nitrogens with one attached hydrogen (secondary N) is 1. The Balaban J connectivity index is 1.83. The van der Waals surface area contributed by atoms with Crippen LogP contribution >= 0.6 is 0 Å². The number of hydrogen-bond donors (Lipinski definition) is 1. The molecule has 3 aromatic rings. The van der Waals surface area contributed by atoms with Crippen LogP contribution in [-0.2, 0) is 9.84 Å². The van der Waals surface area contributed by atoms with Gasteiger partial charge in [-0.3, -0.25) is 15.1 Å². The second-order valence-electron chi connectivity index (χ2n) is 6.44. The summed E-state index contributed by atoms with van der Waals surface area (Å²) in [6, 6.07) is 15.7. The van der Waals surface area contributed by atoms with Gasteiger partial charge in [0.05, 0.1) is 4.92 Å². The van der Waals surface area contributed by atoms with Gasteiger partial charge >= 0.3 is 0 Å². The Morgan fingerprint density at radius 2 is 1.79 bits per heavy atom. The summed E-state index contributed by atoms with van der Waals surface area (Å²) in [5.74, 6) is 0. The monoisotopic (exact) mass is 397 g/mol. The molecule has 3 rings (SSSR count). The van der Waals surface area contributed by atoms with Crippen LogP contribution in [0.25, 0.3) is 11.1 Å². The summed E-state index contributed by atoms with van der Waals surface area (Å²) < 4.78 is 23.8. The van der Waals surface area contributed by atoms with Crippen molar-refractivity contribution in [3.8, 4) is 11.1 Å². The summed E-state index contributed by atoms with van der Waals surface area (Å²) in [5.41, 5.74) is 3.12. The Morgan fingerprint density at radius 1 is 1.07 bits per heavy atom. The Bertz CT molecular complexity index is 1100. The fourth-order valence-electron chi connectivity index (χ4n) is 2.88. The number of nitro groups is 1. The van der Waals surface area contributed by atoms with E-state index in [-0.39, 0.29) is 10.9 Å². The number of rotatable bonds is 6. The minimum Gasteiger partial charge on any atom is -0.378 e. The van der Waals surface area contributed by atoms with E-state index >= 15 is 0 Å². The quantitative estimate of drug-likeness (QED) is 0.493. The Kier molecular flexibility index (Phi) is 5.41. The van der Waals surface area contributed by atoms with E-state index in [0.717, 1.165) is 22.9 Å². The number of hydrogen-bond acceptors (Lipinski definition) is 6. The van der Waals surface area contributed by atoms with E-state index in [1.807, 2.05) is 43.3 Å². The van der Waals surface area contributed by atoms with Crippen molar-refractivity contribution in [3.05, 3.63) is 82.7 Å². The molecule has 0 aliphatic rings. The zero-order valence-corrected chi connectivity index (χ0v) is 16.2. The summed E-state index contributed by atoms with van der Waals surface area (Å²) in [6.07, 6.45) is 4.47. The molecule has 144 valence electrons. The summed E-state index contributed by atoms with van der Waals surface area (Å²) in [4.78, 5) is 14.2. The van der Waals surface area contributed by atoms with Gasteiger partial charge in [-0.2, -0.15) is 0 Å². The van der Waals surface area contributed by atoms with Crippen LogP contribution in [0.4, 0.5) is 11.4 Å². The summed E-state index contributed by atoms with van der Waals surface area (Å²) >= 11 is 0. The second kappa shape index (κ2) is 7.77. The zero-order valence-electron chi connectivity index (χ0n) is 15.4. The molecule has 0 aliphatic carbocycles. The van der Waals surface area contributed by atoms with E-state index in [2.05, 4.69) is 10.3 Å². The number of benzene rings is 2. The Hall–Kier alpha value is -3.26. The third kappa shape index (κ3) is 4.34. The highest BCUT2D eigenvalue weighted by molar-refractivity contribution is 7.90. The Labute approximate surface area is 163 Å². The molecular weight excluding hydrogens is 378 g/mol. The molecular formula is C20H19N3O4S. The lowest BCUT2D eigenvalue weighted by Gasteiger charge is -2.17. The molecule has 1 unspecified atom stereocenters. The van der Waals surface area contributed by atoms with Crippen molar-refractivity contribution in [1.82, 2.24) is 4.98 Å².